The van der Waals surface area contributed by atoms with Gasteiger partial charge >= 0.3 is 12.2 Å². The third kappa shape index (κ3) is 6.29. The molecule has 1 aromatic carbocycles. The van der Waals surface area contributed by atoms with E-state index in [-0.39, 0.29) is 12.7 Å². The van der Waals surface area contributed by atoms with E-state index in [1.807, 2.05) is 6.92 Å². The highest BCUT2D eigenvalue weighted by molar-refractivity contribution is 6.34. The van der Waals surface area contributed by atoms with E-state index in [1.165, 1.54) is 0 Å². The van der Waals surface area contributed by atoms with Gasteiger partial charge in [0, 0.05) is 36.2 Å². The molecule has 1 saturated heterocycles. The highest BCUT2D eigenvalue weighted by atomic mass is 35.5. The van der Waals surface area contributed by atoms with Crippen LogP contribution in [0.15, 0.2) is 18.2 Å². The van der Waals surface area contributed by atoms with Crippen LogP contribution in [0.3, 0.4) is 0 Å². The maximum Gasteiger partial charge on any atom is 0.410 e. The zero-order chi connectivity index (χ0) is 18.2. The van der Waals surface area contributed by atoms with Crippen LogP contribution in [-0.4, -0.2) is 54.8 Å². The summed E-state index contributed by atoms with van der Waals surface area (Å²) in [4.78, 5) is 27.2. The highest BCUT2D eigenvalue weighted by Gasteiger charge is 2.25. The molecule has 0 unspecified atom stereocenters. The predicted octanol–water partition coefficient (Wildman–Crippen LogP) is 4.18. The Bertz CT molecular complexity index is 584. The number of hydrogen-bond acceptors (Lipinski definition) is 4. The van der Waals surface area contributed by atoms with E-state index in [4.69, 9.17) is 32.7 Å². The molecule has 8 heteroatoms. The second kappa shape index (κ2) is 9.73. The van der Waals surface area contributed by atoms with E-state index in [0.717, 1.165) is 18.4 Å². The van der Waals surface area contributed by atoms with Gasteiger partial charge in [-0.25, -0.2) is 9.59 Å². The van der Waals surface area contributed by atoms with Crippen LogP contribution in [0.5, 0.6) is 0 Å². The third-order valence-electron chi connectivity index (χ3n) is 3.80. The van der Waals surface area contributed by atoms with Gasteiger partial charge in [0.05, 0.1) is 6.61 Å². The van der Waals surface area contributed by atoms with Crippen molar-refractivity contribution in [2.75, 3.05) is 32.8 Å². The van der Waals surface area contributed by atoms with Crippen LogP contribution >= 0.6 is 23.2 Å². The van der Waals surface area contributed by atoms with Crippen molar-refractivity contribution in [3.8, 4) is 0 Å². The van der Waals surface area contributed by atoms with E-state index in [1.54, 1.807) is 28.0 Å². The molecule has 0 saturated carbocycles. The summed E-state index contributed by atoms with van der Waals surface area (Å²) < 4.78 is 10.5. The van der Waals surface area contributed by atoms with Crippen molar-refractivity contribution < 1.29 is 19.1 Å². The van der Waals surface area contributed by atoms with Crippen molar-refractivity contribution in [1.29, 1.82) is 0 Å². The fourth-order valence-electron chi connectivity index (χ4n) is 2.40. The monoisotopic (exact) mass is 388 g/mol. The first kappa shape index (κ1) is 19.7. The molecule has 1 aliphatic heterocycles. The highest BCUT2D eigenvalue weighted by Crippen LogP contribution is 2.20. The van der Waals surface area contributed by atoms with Crippen LogP contribution in [0.2, 0.25) is 10.0 Å². The van der Waals surface area contributed by atoms with Gasteiger partial charge in [-0.15, -0.1) is 0 Å². The number of halogens is 2. The molecule has 0 aliphatic carbocycles. The molecule has 25 heavy (non-hydrogen) atoms. The van der Waals surface area contributed by atoms with Crippen molar-refractivity contribution in [3.05, 3.63) is 33.8 Å². The minimum absolute atomic E-state index is 0.0956. The van der Waals surface area contributed by atoms with Gasteiger partial charge in [0.15, 0.2) is 0 Å². The average molecular weight is 389 g/mol. The third-order valence-corrected chi connectivity index (χ3v) is 4.24. The molecule has 0 aromatic heterocycles. The molecular weight excluding hydrogens is 367 g/mol. The summed E-state index contributed by atoms with van der Waals surface area (Å²) in [6.07, 6.45) is 1.08. The van der Waals surface area contributed by atoms with Crippen molar-refractivity contribution >= 4 is 35.4 Å². The first-order valence-corrected chi connectivity index (χ1v) is 9.03. The Kier molecular flexibility index (Phi) is 7.65. The number of benzene rings is 1. The molecule has 6 nitrogen and oxygen atoms in total. The molecule has 1 fully saturated rings. The van der Waals surface area contributed by atoms with Gasteiger partial charge in [0.1, 0.15) is 6.61 Å². The second-order valence-electron chi connectivity index (χ2n) is 5.77. The first-order chi connectivity index (χ1) is 12.0. The topological polar surface area (TPSA) is 59.1 Å². The minimum atomic E-state index is -0.421. The van der Waals surface area contributed by atoms with Gasteiger partial charge in [0.25, 0.3) is 0 Å². The van der Waals surface area contributed by atoms with Gasteiger partial charge < -0.3 is 19.3 Å². The fraction of sp³-hybridized carbons (Fsp3) is 0.529. The Labute approximate surface area is 157 Å². The van der Waals surface area contributed by atoms with Gasteiger partial charge in [-0.05, 0) is 30.2 Å². The molecule has 0 atom stereocenters. The molecule has 0 N–H and O–H groups in total. The van der Waals surface area contributed by atoms with Crippen molar-refractivity contribution in [1.82, 2.24) is 9.80 Å². The molecule has 1 heterocycles. The summed E-state index contributed by atoms with van der Waals surface area (Å²) in [5, 5.41) is 0.988. The minimum Gasteiger partial charge on any atom is -0.449 e. The number of rotatable bonds is 5. The Morgan fingerprint density at radius 2 is 1.48 bits per heavy atom. The number of nitrogens with zero attached hydrogens (tertiary/aromatic N) is 2. The SMILES string of the molecule is CCCCOC(=O)N1CCN(C(=O)OCc2cc(Cl)cc(Cl)c2)CC1. The van der Waals surface area contributed by atoms with Crippen molar-refractivity contribution in [2.24, 2.45) is 0 Å². The van der Waals surface area contributed by atoms with E-state index in [0.29, 0.717) is 42.8 Å². The van der Waals surface area contributed by atoms with Gasteiger partial charge in [-0.3, -0.25) is 0 Å². The maximum atomic E-state index is 12.1. The lowest BCUT2D eigenvalue weighted by Crippen LogP contribution is -2.50. The zero-order valence-corrected chi connectivity index (χ0v) is 15.7. The number of hydrogen-bond donors (Lipinski definition) is 0. The Hall–Kier alpha value is -1.66. The molecule has 1 aromatic rings. The molecule has 0 spiro atoms. The first-order valence-electron chi connectivity index (χ1n) is 8.28. The van der Waals surface area contributed by atoms with Crippen LogP contribution in [0.4, 0.5) is 9.59 Å². The van der Waals surface area contributed by atoms with Crippen LogP contribution in [0.1, 0.15) is 25.3 Å². The normalized spacial score (nSPS) is 14.4. The second-order valence-corrected chi connectivity index (χ2v) is 6.65. The van der Waals surface area contributed by atoms with Gasteiger partial charge in [-0.1, -0.05) is 36.5 Å². The number of amides is 2. The number of ether oxygens (including phenoxy) is 2. The summed E-state index contributed by atoms with van der Waals surface area (Å²) in [6.45, 7) is 4.26. The molecule has 2 rings (SSSR count). The molecule has 0 bridgehead atoms. The number of carbonyl (C=O) groups excluding carboxylic acids is 2. The number of unbranched alkanes of at least 4 members (excludes halogenated alkanes) is 1. The molecule has 2 amide bonds. The van der Waals surface area contributed by atoms with Gasteiger partial charge in [-0.2, -0.15) is 0 Å². The van der Waals surface area contributed by atoms with Crippen molar-refractivity contribution in [3.63, 3.8) is 0 Å². The zero-order valence-electron chi connectivity index (χ0n) is 14.2. The van der Waals surface area contributed by atoms with E-state index in [2.05, 4.69) is 0 Å². The fourth-order valence-corrected chi connectivity index (χ4v) is 2.97. The molecule has 138 valence electrons. The summed E-state index contributed by atoms with van der Waals surface area (Å²) in [5.74, 6) is 0. The average Bonchev–Trinajstić information content (AvgIpc) is 2.59. The Morgan fingerprint density at radius 3 is 2.00 bits per heavy atom. The van der Waals surface area contributed by atoms with Crippen LogP contribution in [-0.2, 0) is 16.1 Å². The summed E-state index contributed by atoms with van der Waals surface area (Å²) in [5.41, 5.74) is 0.726. The maximum absolute atomic E-state index is 12.1. The van der Waals surface area contributed by atoms with Crippen LogP contribution in [0, 0.1) is 0 Å². The molecule has 1 aliphatic rings. The Morgan fingerprint density at radius 1 is 0.960 bits per heavy atom. The summed E-state index contributed by atoms with van der Waals surface area (Å²) in [6, 6.07) is 5.02. The van der Waals surface area contributed by atoms with E-state index >= 15 is 0 Å². The van der Waals surface area contributed by atoms with Crippen LogP contribution in [0.25, 0.3) is 0 Å². The quantitative estimate of drug-likeness (QED) is 0.709. The lowest BCUT2D eigenvalue weighted by atomic mass is 10.2. The van der Waals surface area contributed by atoms with Gasteiger partial charge in [0.2, 0.25) is 0 Å². The summed E-state index contributed by atoms with van der Waals surface area (Å²) in [7, 11) is 0. The molecule has 0 radical (unpaired) electrons. The van der Waals surface area contributed by atoms with E-state index in [9.17, 15) is 9.59 Å². The van der Waals surface area contributed by atoms with E-state index < -0.39 is 6.09 Å². The standard InChI is InChI=1S/C17H22Cl2N2O4/c1-2-3-8-24-16(22)20-4-6-21(7-5-20)17(23)25-12-13-9-14(18)11-15(19)10-13/h9-11H,2-8,12H2,1H3. The largest absolute Gasteiger partial charge is 0.449 e. The van der Waals surface area contributed by atoms with Crippen molar-refractivity contribution in [2.45, 2.75) is 26.4 Å². The van der Waals surface area contributed by atoms with Crippen LogP contribution < -0.4 is 0 Å². The predicted molar refractivity (Wildman–Crippen MR) is 96.0 cm³/mol. The lowest BCUT2D eigenvalue weighted by Gasteiger charge is -2.33. The Balaban J connectivity index is 1.74. The summed E-state index contributed by atoms with van der Waals surface area (Å²) >= 11 is 11.8. The number of carbonyl (C=O) groups is 2. The lowest BCUT2D eigenvalue weighted by molar-refractivity contribution is 0.0577. The number of piperazine rings is 1. The molecular formula is C17H22Cl2N2O4. The smallest absolute Gasteiger partial charge is 0.410 e.